The summed E-state index contributed by atoms with van der Waals surface area (Å²) in [5.41, 5.74) is 4.26. The molecule has 0 spiro atoms. The number of halogens is 1. The molecule has 2 heterocycles. The van der Waals surface area contributed by atoms with Crippen LogP contribution in [0.2, 0.25) is 5.28 Å². The Bertz CT molecular complexity index is 748. The molecule has 0 aliphatic heterocycles. The van der Waals surface area contributed by atoms with Gasteiger partial charge in [0.25, 0.3) is 0 Å². The molecule has 0 saturated carbocycles. The van der Waals surface area contributed by atoms with Crippen molar-refractivity contribution in [3.8, 4) is 0 Å². The second kappa shape index (κ2) is 4.63. The molecule has 0 unspecified atom stereocenters. The van der Waals surface area contributed by atoms with E-state index in [1.807, 2.05) is 17.8 Å². The number of hydrogen-bond acceptors (Lipinski definition) is 3. The third-order valence-corrected chi connectivity index (χ3v) is 3.45. The lowest BCUT2D eigenvalue weighted by Gasteiger charge is -2.01. The minimum Gasteiger partial charge on any atom is -0.272 e. The highest BCUT2D eigenvalue weighted by atomic mass is 35.5. The molecule has 1 aromatic carbocycles. The first kappa shape index (κ1) is 12.1. The first-order chi connectivity index (χ1) is 9.13. The summed E-state index contributed by atoms with van der Waals surface area (Å²) < 4.78 is 1.90. The van der Waals surface area contributed by atoms with Crippen molar-refractivity contribution in [2.24, 2.45) is 7.05 Å². The fraction of sp³-hybridized carbons (Fsp3) is 0.214. The number of hydrogen-bond donors (Lipinski definition) is 0. The fourth-order valence-electron chi connectivity index (χ4n) is 2.16. The minimum atomic E-state index is 0.284. The molecular weight excluding hydrogens is 260 g/mol. The van der Waals surface area contributed by atoms with E-state index >= 15 is 0 Å². The normalized spacial score (nSPS) is 11.1. The molecule has 0 fully saturated rings. The highest BCUT2D eigenvalue weighted by molar-refractivity contribution is 6.28. The molecule has 3 rings (SSSR count). The topological polar surface area (TPSA) is 43.6 Å². The predicted octanol–water partition coefficient (Wildman–Crippen LogP) is 2.92. The monoisotopic (exact) mass is 272 g/mol. The summed E-state index contributed by atoms with van der Waals surface area (Å²) in [4.78, 5) is 8.08. The molecular formula is C14H13ClN4. The van der Waals surface area contributed by atoms with Crippen LogP contribution in [0, 0.1) is 6.92 Å². The molecule has 0 saturated heterocycles. The van der Waals surface area contributed by atoms with Gasteiger partial charge >= 0.3 is 0 Å². The predicted molar refractivity (Wildman–Crippen MR) is 75.3 cm³/mol. The Morgan fingerprint density at radius 3 is 2.89 bits per heavy atom. The second-order valence-electron chi connectivity index (χ2n) is 4.55. The minimum absolute atomic E-state index is 0.284. The van der Waals surface area contributed by atoms with Crippen molar-refractivity contribution in [1.29, 1.82) is 0 Å². The van der Waals surface area contributed by atoms with E-state index in [0.29, 0.717) is 0 Å². The van der Waals surface area contributed by atoms with Gasteiger partial charge in [-0.2, -0.15) is 5.10 Å². The number of rotatable bonds is 2. The zero-order chi connectivity index (χ0) is 13.4. The standard InChI is InChI=1S/C14H13ClN4/c1-9-12-4-3-10(8-13(12)18-19(9)2)7-11-5-6-16-14(15)17-11/h3-6,8H,7H2,1-2H3. The van der Waals surface area contributed by atoms with Crippen LogP contribution in [0.5, 0.6) is 0 Å². The van der Waals surface area contributed by atoms with E-state index in [2.05, 4.69) is 40.2 Å². The Morgan fingerprint density at radius 2 is 2.11 bits per heavy atom. The maximum absolute atomic E-state index is 5.79. The Labute approximate surface area is 116 Å². The molecule has 0 atom stereocenters. The van der Waals surface area contributed by atoms with E-state index < -0.39 is 0 Å². The summed E-state index contributed by atoms with van der Waals surface area (Å²) >= 11 is 5.79. The second-order valence-corrected chi connectivity index (χ2v) is 4.89. The number of fused-ring (bicyclic) bond motifs is 1. The summed E-state index contributed by atoms with van der Waals surface area (Å²) in [6, 6.07) is 8.18. The quantitative estimate of drug-likeness (QED) is 0.674. The maximum atomic E-state index is 5.79. The van der Waals surface area contributed by atoms with Gasteiger partial charge in [0, 0.05) is 36.4 Å². The van der Waals surface area contributed by atoms with Crippen molar-refractivity contribution >= 4 is 22.5 Å². The van der Waals surface area contributed by atoms with E-state index in [1.54, 1.807) is 6.20 Å². The van der Waals surface area contributed by atoms with Gasteiger partial charge in [-0.3, -0.25) is 4.68 Å². The average Bonchev–Trinajstić information content (AvgIpc) is 2.65. The number of aryl methyl sites for hydroxylation is 2. The van der Waals surface area contributed by atoms with Gasteiger partial charge in [-0.25, -0.2) is 9.97 Å². The van der Waals surface area contributed by atoms with Gasteiger partial charge in [0.15, 0.2) is 0 Å². The molecule has 0 amide bonds. The molecule has 0 radical (unpaired) electrons. The van der Waals surface area contributed by atoms with E-state index in [1.165, 1.54) is 16.6 Å². The van der Waals surface area contributed by atoms with Crippen LogP contribution in [0.1, 0.15) is 17.0 Å². The van der Waals surface area contributed by atoms with Gasteiger partial charge in [-0.1, -0.05) is 12.1 Å². The third-order valence-electron chi connectivity index (χ3n) is 3.26. The lowest BCUT2D eigenvalue weighted by Crippen LogP contribution is -1.93. The molecule has 96 valence electrons. The average molecular weight is 273 g/mol. The van der Waals surface area contributed by atoms with Crippen molar-refractivity contribution in [3.05, 3.63) is 52.7 Å². The van der Waals surface area contributed by atoms with Gasteiger partial charge in [-0.15, -0.1) is 0 Å². The highest BCUT2D eigenvalue weighted by Crippen LogP contribution is 2.20. The van der Waals surface area contributed by atoms with Crippen molar-refractivity contribution < 1.29 is 0 Å². The maximum Gasteiger partial charge on any atom is 0.222 e. The first-order valence-corrected chi connectivity index (χ1v) is 6.41. The molecule has 0 aliphatic carbocycles. The lowest BCUT2D eigenvalue weighted by molar-refractivity contribution is 0.751. The first-order valence-electron chi connectivity index (χ1n) is 6.03. The summed E-state index contributed by atoms with van der Waals surface area (Å²) in [6.07, 6.45) is 2.40. The van der Waals surface area contributed by atoms with Crippen molar-refractivity contribution in [1.82, 2.24) is 19.7 Å². The van der Waals surface area contributed by atoms with Crippen LogP contribution in [0.25, 0.3) is 10.9 Å². The van der Waals surface area contributed by atoms with Gasteiger partial charge in [0.1, 0.15) is 0 Å². The summed E-state index contributed by atoms with van der Waals surface area (Å²) in [5, 5.41) is 5.96. The van der Waals surface area contributed by atoms with Crippen LogP contribution in [0.3, 0.4) is 0 Å². The summed E-state index contributed by atoms with van der Waals surface area (Å²) in [6.45, 7) is 2.07. The smallest absolute Gasteiger partial charge is 0.222 e. The van der Waals surface area contributed by atoms with E-state index in [-0.39, 0.29) is 5.28 Å². The largest absolute Gasteiger partial charge is 0.272 e. The van der Waals surface area contributed by atoms with Crippen molar-refractivity contribution in [3.63, 3.8) is 0 Å². The molecule has 0 bridgehead atoms. The zero-order valence-corrected chi connectivity index (χ0v) is 11.5. The van der Waals surface area contributed by atoms with E-state index in [4.69, 9.17) is 11.6 Å². The third kappa shape index (κ3) is 2.31. The molecule has 3 aromatic rings. The van der Waals surface area contributed by atoms with Crippen LogP contribution in [-0.4, -0.2) is 19.7 Å². The highest BCUT2D eigenvalue weighted by Gasteiger charge is 2.06. The van der Waals surface area contributed by atoms with Gasteiger partial charge in [0.05, 0.1) is 5.52 Å². The molecule has 2 aromatic heterocycles. The van der Waals surface area contributed by atoms with Crippen LogP contribution >= 0.6 is 11.6 Å². The van der Waals surface area contributed by atoms with E-state index in [0.717, 1.165) is 17.6 Å². The van der Waals surface area contributed by atoms with Crippen molar-refractivity contribution in [2.45, 2.75) is 13.3 Å². The van der Waals surface area contributed by atoms with Gasteiger partial charge < -0.3 is 0 Å². The Hall–Kier alpha value is -1.94. The number of benzene rings is 1. The Kier molecular flexibility index (Phi) is 2.95. The van der Waals surface area contributed by atoms with Crippen LogP contribution < -0.4 is 0 Å². The Morgan fingerprint density at radius 1 is 1.26 bits per heavy atom. The van der Waals surface area contributed by atoms with Gasteiger partial charge in [-0.05, 0) is 36.2 Å². The van der Waals surface area contributed by atoms with Gasteiger partial charge in [0.2, 0.25) is 5.28 Å². The Balaban J connectivity index is 1.97. The fourth-order valence-corrected chi connectivity index (χ4v) is 2.33. The SMILES string of the molecule is Cc1c2ccc(Cc3ccnc(Cl)n3)cc2nn1C. The molecule has 5 heteroatoms. The van der Waals surface area contributed by atoms with E-state index in [9.17, 15) is 0 Å². The lowest BCUT2D eigenvalue weighted by atomic mass is 10.1. The molecule has 0 aliphatic rings. The summed E-state index contributed by atoms with van der Waals surface area (Å²) in [5.74, 6) is 0. The molecule has 0 N–H and O–H groups in total. The summed E-state index contributed by atoms with van der Waals surface area (Å²) in [7, 11) is 1.96. The number of nitrogens with zero attached hydrogens (tertiary/aromatic N) is 4. The molecule has 4 nitrogen and oxygen atoms in total. The molecule has 19 heavy (non-hydrogen) atoms. The van der Waals surface area contributed by atoms with Crippen LogP contribution in [-0.2, 0) is 13.5 Å². The van der Waals surface area contributed by atoms with Crippen LogP contribution in [0.15, 0.2) is 30.5 Å². The van der Waals surface area contributed by atoms with Crippen LogP contribution in [0.4, 0.5) is 0 Å². The number of aromatic nitrogens is 4. The van der Waals surface area contributed by atoms with Crippen molar-refractivity contribution in [2.75, 3.05) is 0 Å². The zero-order valence-electron chi connectivity index (χ0n) is 10.8.